The number of piperidine rings is 1. The van der Waals surface area contributed by atoms with Gasteiger partial charge in [0.2, 0.25) is 11.8 Å². The first-order valence-electron chi connectivity index (χ1n) is 10.5. The van der Waals surface area contributed by atoms with Crippen molar-refractivity contribution in [2.45, 2.75) is 72.4 Å². The summed E-state index contributed by atoms with van der Waals surface area (Å²) in [5, 5.41) is 3.32. The van der Waals surface area contributed by atoms with Crippen molar-refractivity contribution in [1.82, 2.24) is 15.1 Å². The Labute approximate surface area is 164 Å². The average Bonchev–Trinajstić information content (AvgIpc) is 2.60. The van der Waals surface area contributed by atoms with Gasteiger partial charge in [0.1, 0.15) is 11.8 Å². The standard InChI is InChI=1S/C21H37N3O3/c1-14(2)12-18-20(26)24(11-8-22-18)19(13-15(3)4)21(27)23-9-6-17(7-10-23)16(5)25/h14-15,17-19,22H,6-13H2,1-5H3/t18-,19-/m0/s1. The molecule has 2 fully saturated rings. The summed E-state index contributed by atoms with van der Waals surface area (Å²) < 4.78 is 0. The Kier molecular flexibility index (Phi) is 7.83. The van der Waals surface area contributed by atoms with Crippen LogP contribution in [0.15, 0.2) is 0 Å². The maximum absolute atomic E-state index is 13.3. The van der Waals surface area contributed by atoms with Gasteiger partial charge in [-0.05, 0) is 44.4 Å². The van der Waals surface area contributed by atoms with E-state index in [2.05, 4.69) is 33.0 Å². The Morgan fingerprint density at radius 1 is 1.07 bits per heavy atom. The van der Waals surface area contributed by atoms with Crippen LogP contribution in [0.4, 0.5) is 0 Å². The topological polar surface area (TPSA) is 69.7 Å². The summed E-state index contributed by atoms with van der Waals surface area (Å²) in [4.78, 5) is 41.7. The van der Waals surface area contributed by atoms with Crippen LogP contribution >= 0.6 is 0 Å². The quantitative estimate of drug-likeness (QED) is 0.735. The number of nitrogens with one attached hydrogen (secondary N) is 1. The number of likely N-dealkylation sites (tertiary alicyclic amines) is 1. The van der Waals surface area contributed by atoms with Gasteiger partial charge in [-0.25, -0.2) is 0 Å². The molecule has 2 heterocycles. The lowest BCUT2D eigenvalue weighted by Gasteiger charge is -2.42. The molecule has 0 aromatic carbocycles. The Morgan fingerprint density at radius 3 is 2.22 bits per heavy atom. The lowest BCUT2D eigenvalue weighted by Crippen LogP contribution is -2.62. The minimum absolute atomic E-state index is 0.0595. The predicted octanol–water partition coefficient (Wildman–Crippen LogP) is 2.08. The molecule has 27 heavy (non-hydrogen) atoms. The number of ketones is 1. The van der Waals surface area contributed by atoms with Gasteiger partial charge in [0.25, 0.3) is 0 Å². The van der Waals surface area contributed by atoms with Gasteiger partial charge >= 0.3 is 0 Å². The normalized spacial score (nSPS) is 23.2. The number of rotatable bonds is 7. The van der Waals surface area contributed by atoms with E-state index in [9.17, 15) is 14.4 Å². The number of piperazine rings is 1. The molecule has 2 amide bonds. The number of hydrogen-bond donors (Lipinski definition) is 1. The Balaban J connectivity index is 2.11. The monoisotopic (exact) mass is 379 g/mol. The summed E-state index contributed by atoms with van der Waals surface area (Å²) in [7, 11) is 0. The molecule has 0 saturated carbocycles. The van der Waals surface area contributed by atoms with Gasteiger partial charge in [-0.3, -0.25) is 14.4 Å². The van der Waals surface area contributed by atoms with Crippen LogP contribution in [0.25, 0.3) is 0 Å². The molecule has 0 unspecified atom stereocenters. The second kappa shape index (κ2) is 9.67. The Bertz CT molecular complexity index is 539. The molecule has 1 N–H and O–H groups in total. The summed E-state index contributed by atoms with van der Waals surface area (Å²) in [6.45, 7) is 12.6. The largest absolute Gasteiger partial charge is 0.341 e. The molecule has 6 heteroatoms. The molecule has 0 aromatic rings. The number of nitrogens with zero attached hydrogens (tertiary/aromatic N) is 2. The van der Waals surface area contributed by atoms with E-state index in [-0.39, 0.29) is 35.6 Å². The molecule has 2 aliphatic rings. The molecule has 0 bridgehead atoms. The molecule has 2 rings (SSSR count). The van der Waals surface area contributed by atoms with Crippen LogP contribution in [0.5, 0.6) is 0 Å². The SMILES string of the molecule is CC(=O)C1CCN(C(=O)[C@H](CC(C)C)N2CCN[C@@H](CC(C)C)C2=O)CC1. The third kappa shape index (κ3) is 5.77. The van der Waals surface area contributed by atoms with E-state index in [0.717, 1.165) is 25.8 Å². The second-order valence-corrected chi connectivity index (χ2v) is 9.02. The van der Waals surface area contributed by atoms with E-state index in [1.54, 1.807) is 6.92 Å². The van der Waals surface area contributed by atoms with Gasteiger partial charge in [0.15, 0.2) is 0 Å². The van der Waals surface area contributed by atoms with Crippen molar-refractivity contribution >= 4 is 17.6 Å². The maximum Gasteiger partial charge on any atom is 0.245 e. The van der Waals surface area contributed by atoms with Crippen LogP contribution in [-0.4, -0.2) is 65.7 Å². The first kappa shape index (κ1) is 21.9. The van der Waals surface area contributed by atoms with Crippen molar-refractivity contribution in [3.63, 3.8) is 0 Å². The molecule has 6 nitrogen and oxygen atoms in total. The summed E-state index contributed by atoms with van der Waals surface area (Å²) in [6, 6.07) is -0.576. The molecule has 2 saturated heterocycles. The Hall–Kier alpha value is -1.43. The van der Waals surface area contributed by atoms with Gasteiger partial charge < -0.3 is 15.1 Å². The summed E-state index contributed by atoms with van der Waals surface area (Å²) in [5.74, 6) is 1.18. The average molecular weight is 380 g/mol. The van der Waals surface area contributed by atoms with Crippen molar-refractivity contribution in [2.24, 2.45) is 17.8 Å². The van der Waals surface area contributed by atoms with E-state index < -0.39 is 0 Å². The molecule has 0 aliphatic carbocycles. The molecule has 0 aromatic heterocycles. The van der Waals surface area contributed by atoms with E-state index in [0.29, 0.717) is 37.9 Å². The van der Waals surface area contributed by atoms with Crippen LogP contribution in [0, 0.1) is 17.8 Å². The lowest BCUT2D eigenvalue weighted by molar-refractivity contribution is -0.150. The number of amides is 2. The molecule has 2 aliphatic heterocycles. The van der Waals surface area contributed by atoms with Gasteiger partial charge in [-0.1, -0.05) is 27.7 Å². The van der Waals surface area contributed by atoms with E-state index in [4.69, 9.17) is 0 Å². The number of hydrogen-bond acceptors (Lipinski definition) is 4. The maximum atomic E-state index is 13.3. The summed E-state index contributed by atoms with van der Waals surface area (Å²) >= 11 is 0. The fourth-order valence-corrected chi connectivity index (χ4v) is 4.25. The number of carbonyl (C=O) groups is 3. The fourth-order valence-electron chi connectivity index (χ4n) is 4.25. The van der Waals surface area contributed by atoms with Gasteiger partial charge in [-0.15, -0.1) is 0 Å². The van der Waals surface area contributed by atoms with Crippen molar-refractivity contribution in [3.8, 4) is 0 Å². The van der Waals surface area contributed by atoms with E-state index in [1.807, 2.05) is 9.80 Å². The van der Waals surface area contributed by atoms with Crippen LogP contribution < -0.4 is 5.32 Å². The highest BCUT2D eigenvalue weighted by molar-refractivity contribution is 5.90. The third-order valence-corrected chi connectivity index (χ3v) is 5.77. The third-order valence-electron chi connectivity index (χ3n) is 5.77. The zero-order chi connectivity index (χ0) is 20.1. The van der Waals surface area contributed by atoms with Gasteiger partial charge in [0.05, 0.1) is 6.04 Å². The highest BCUT2D eigenvalue weighted by Crippen LogP contribution is 2.23. The predicted molar refractivity (Wildman–Crippen MR) is 106 cm³/mol. The van der Waals surface area contributed by atoms with Crippen molar-refractivity contribution in [1.29, 1.82) is 0 Å². The van der Waals surface area contributed by atoms with Gasteiger partial charge in [-0.2, -0.15) is 0 Å². The Morgan fingerprint density at radius 2 is 1.70 bits per heavy atom. The molecule has 0 radical (unpaired) electrons. The second-order valence-electron chi connectivity index (χ2n) is 9.02. The minimum atomic E-state index is -0.386. The number of carbonyl (C=O) groups excluding carboxylic acids is 3. The summed E-state index contributed by atoms with van der Waals surface area (Å²) in [6.07, 6.45) is 2.95. The zero-order valence-electron chi connectivity index (χ0n) is 17.7. The van der Waals surface area contributed by atoms with Crippen LogP contribution in [0.3, 0.4) is 0 Å². The highest BCUT2D eigenvalue weighted by Gasteiger charge is 2.39. The minimum Gasteiger partial charge on any atom is -0.341 e. The molecular weight excluding hydrogens is 342 g/mol. The van der Waals surface area contributed by atoms with Crippen LogP contribution in [-0.2, 0) is 14.4 Å². The van der Waals surface area contributed by atoms with Crippen molar-refractivity contribution < 1.29 is 14.4 Å². The fraction of sp³-hybridized carbons (Fsp3) is 0.857. The van der Waals surface area contributed by atoms with Crippen LogP contribution in [0.2, 0.25) is 0 Å². The zero-order valence-corrected chi connectivity index (χ0v) is 17.7. The van der Waals surface area contributed by atoms with Gasteiger partial charge in [0, 0.05) is 32.1 Å². The van der Waals surface area contributed by atoms with E-state index >= 15 is 0 Å². The smallest absolute Gasteiger partial charge is 0.245 e. The van der Waals surface area contributed by atoms with Crippen LogP contribution in [0.1, 0.15) is 60.3 Å². The van der Waals surface area contributed by atoms with Crippen molar-refractivity contribution in [3.05, 3.63) is 0 Å². The first-order chi connectivity index (χ1) is 12.7. The molecule has 2 atom stereocenters. The lowest BCUT2D eigenvalue weighted by atomic mass is 9.92. The summed E-state index contributed by atoms with van der Waals surface area (Å²) in [5.41, 5.74) is 0. The van der Waals surface area contributed by atoms with E-state index in [1.165, 1.54) is 0 Å². The number of Topliss-reactive ketones (excluding diaryl/α,β-unsaturated/α-hetero) is 1. The highest BCUT2D eigenvalue weighted by atomic mass is 16.2. The molecular formula is C21H37N3O3. The molecule has 154 valence electrons. The first-order valence-corrected chi connectivity index (χ1v) is 10.5. The molecule has 0 spiro atoms. The van der Waals surface area contributed by atoms with Crippen molar-refractivity contribution in [2.75, 3.05) is 26.2 Å².